The summed E-state index contributed by atoms with van der Waals surface area (Å²) in [4.78, 5) is 0. The first-order chi connectivity index (χ1) is 14.8. The highest BCUT2D eigenvalue weighted by atomic mass is 32.1. The molecule has 1 aliphatic heterocycles. The van der Waals surface area contributed by atoms with Gasteiger partial charge in [0.15, 0.2) is 0 Å². The van der Waals surface area contributed by atoms with Crippen LogP contribution in [0.2, 0.25) is 0 Å². The van der Waals surface area contributed by atoms with Crippen LogP contribution >= 0.6 is 11.3 Å². The van der Waals surface area contributed by atoms with E-state index in [1.54, 1.807) is 11.3 Å². The summed E-state index contributed by atoms with van der Waals surface area (Å²) in [6, 6.07) is 23.4. The van der Waals surface area contributed by atoms with Gasteiger partial charge in [-0.2, -0.15) is 0 Å². The largest absolute Gasteiger partial charge is 0.505 e. The van der Waals surface area contributed by atoms with Crippen molar-refractivity contribution in [1.82, 2.24) is 0 Å². The van der Waals surface area contributed by atoms with Crippen LogP contribution in [-0.2, 0) is 9.31 Å². The molecule has 0 atom stereocenters. The molecule has 0 N–H and O–H groups in total. The van der Waals surface area contributed by atoms with Crippen LogP contribution in [0.5, 0.6) is 0 Å². The Bertz CT molecular complexity index is 1440. The SMILES string of the molecule is CC1(C)OB(c2cc3ccc(-c4cccc5c4oc4ccccc45)cc3s2)OC1(C)C. The molecular weight excluding hydrogens is 403 g/mol. The van der Waals surface area contributed by atoms with Crippen LogP contribution in [0.3, 0.4) is 0 Å². The molecule has 154 valence electrons. The number of hydrogen-bond acceptors (Lipinski definition) is 4. The number of rotatable bonds is 2. The number of para-hydroxylation sites is 2. The lowest BCUT2D eigenvalue weighted by Crippen LogP contribution is -2.41. The molecule has 0 saturated carbocycles. The monoisotopic (exact) mass is 426 g/mol. The van der Waals surface area contributed by atoms with E-state index in [0.29, 0.717) is 0 Å². The molecule has 0 spiro atoms. The van der Waals surface area contributed by atoms with Crippen molar-refractivity contribution in [1.29, 1.82) is 0 Å². The second kappa shape index (κ2) is 6.46. The van der Waals surface area contributed by atoms with Crippen LogP contribution in [-0.4, -0.2) is 18.3 Å². The zero-order chi connectivity index (χ0) is 21.4. The molecular formula is C26H23BO3S. The maximum atomic E-state index is 6.26. The highest BCUT2D eigenvalue weighted by Crippen LogP contribution is 2.39. The Morgan fingerprint density at radius 2 is 1.52 bits per heavy atom. The number of hydrogen-bond donors (Lipinski definition) is 0. The van der Waals surface area contributed by atoms with Crippen LogP contribution in [0.4, 0.5) is 0 Å². The molecule has 5 heteroatoms. The highest BCUT2D eigenvalue weighted by Gasteiger charge is 2.52. The molecule has 0 bridgehead atoms. The maximum absolute atomic E-state index is 6.26. The zero-order valence-corrected chi connectivity index (χ0v) is 18.9. The first kappa shape index (κ1) is 19.1. The quantitative estimate of drug-likeness (QED) is 0.292. The van der Waals surface area contributed by atoms with Crippen LogP contribution in [0.15, 0.2) is 71.1 Å². The van der Waals surface area contributed by atoms with Gasteiger partial charge < -0.3 is 13.7 Å². The van der Waals surface area contributed by atoms with Crippen LogP contribution < -0.4 is 4.78 Å². The van der Waals surface area contributed by atoms with Crippen molar-refractivity contribution in [3.8, 4) is 11.1 Å². The van der Waals surface area contributed by atoms with E-state index in [2.05, 4.69) is 82.3 Å². The van der Waals surface area contributed by atoms with E-state index in [1.165, 1.54) is 10.1 Å². The molecule has 6 rings (SSSR count). The zero-order valence-electron chi connectivity index (χ0n) is 18.1. The molecule has 0 aliphatic carbocycles. The third-order valence-corrected chi connectivity index (χ3v) is 7.86. The molecule has 0 unspecified atom stereocenters. The molecule has 1 saturated heterocycles. The summed E-state index contributed by atoms with van der Waals surface area (Å²) >= 11 is 1.73. The van der Waals surface area contributed by atoms with Crippen LogP contribution in [0, 0.1) is 0 Å². The van der Waals surface area contributed by atoms with Crippen molar-refractivity contribution in [3.63, 3.8) is 0 Å². The van der Waals surface area contributed by atoms with E-state index < -0.39 is 0 Å². The predicted molar refractivity (Wildman–Crippen MR) is 130 cm³/mol. The normalized spacial score (nSPS) is 17.9. The van der Waals surface area contributed by atoms with Gasteiger partial charge in [-0.05, 0) is 56.8 Å². The Morgan fingerprint density at radius 3 is 2.32 bits per heavy atom. The number of furan rings is 1. The second-order valence-electron chi connectivity index (χ2n) is 9.27. The number of benzene rings is 3. The third-order valence-electron chi connectivity index (χ3n) is 6.74. The molecule has 3 nitrogen and oxygen atoms in total. The molecule has 3 heterocycles. The topological polar surface area (TPSA) is 31.6 Å². The average molecular weight is 426 g/mol. The van der Waals surface area contributed by atoms with E-state index in [1.807, 2.05) is 12.1 Å². The van der Waals surface area contributed by atoms with Crippen molar-refractivity contribution in [2.45, 2.75) is 38.9 Å². The predicted octanol–water partition coefficient (Wildman–Crippen LogP) is 6.77. The second-order valence-corrected chi connectivity index (χ2v) is 10.4. The van der Waals surface area contributed by atoms with Gasteiger partial charge in [-0.1, -0.05) is 48.5 Å². The van der Waals surface area contributed by atoms with Crippen LogP contribution in [0.25, 0.3) is 43.2 Å². The minimum absolute atomic E-state index is 0.329. The molecule has 1 fully saturated rings. The molecule has 5 aromatic rings. The Hall–Kier alpha value is -2.60. The lowest BCUT2D eigenvalue weighted by molar-refractivity contribution is 0.00578. The van der Waals surface area contributed by atoms with E-state index in [-0.39, 0.29) is 18.3 Å². The Kier molecular flexibility index (Phi) is 3.98. The van der Waals surface area contributed by atoms with Gasteiger partial charge in [0.1, 0.15) is 11.2 Å². The summed E-state index contributed by atoms with van der Waals surface area (Å²) < 4.78 is 21.1. The molecule has 1 aliphatic rings. The summed E-state index contributed by atoms with van der Waals surface area (Å²) in [6.07, 6.45) is 0. The van der Waals surface area contributed by atoms with Gasteiger partial charge in [0.25, 0.3) is 0 Å². The minimum Gasteiger partial charge on any atom is -0.455 e. The van der Waals surface area contributed by atoms with Crippen LogP contribution in [0.1, 0.15) is 27.7 Å². The Morgan fingerprint density at radius 1 is 0.774 bits per heavy atom. The van der Waals surface area contributed by atoms with Gasteiger partial charge in [-0.15, -0.1) is 11.3 Å². The number of thiophene rings is 1. The lowest BCUT2D eigenvalue weighted by Gasteiger charge is -2.32. The third kappa shape index (κ3) is 2.88. The summed E-state index contributed by atoms with van der Waals surface area (Å²) in [7, 11) is -0.329. The van der Waals surface area contributed by atoms with Gasteiger partial charge in [0.05, 0.1) is 11.2 Å². The average Bonchev–Trinajstić information content (AvgIpc) is 3.39. The lowest BCUT2D eigenvalue weighted by atomic mass is 9.87. The summed E-state index contributed by atoms with van der Waals surface area (Å²) in [5, 5.41) is 3.51. The van der Waals surface area contributed by atoms with E-state index in [9.17, 15) is 0 Å². The Labute approximate surface area is 185 Å². The van der Waals surface area contributed by atoms with E-state index >= 15 is 0 Å². The maximum Gasteiger partial charge on any atom is 0.505 e. The standard InChI is InChI=1S/C26H23BO3S/c1-25(2)26(3,4)30-27(29-25)23-15-17-13-12-16(14-22(17)31-23)18-9-7-10-20-19-8-5-6-11-21(19)28-24(18)20/h5-15H,1-4H3. The fourth-order valence-corrected chi connectivity index (χ4v) is 5.33. The van der Waals surface area contributed by atoms with Crippen molar-refractivity contribution in [2.75, 3.05) is 0 Å². The van der Waals surface area contributed by atoms with Crippen molar-refractivity contribution >= 4 is 55.3 Å². The summed E-state index contributed by atoms with van der Waals surface area (Å²) in [5.74, 6) is 0. The van der Waals surface area contributed by atoms with Crippen molar-refractivity contribution in [2.24, 2.45) is 0 Å². The van der Waals surface area contributed by atoms with Crippen molar-refractivity contribution < 1.29 is 13.7 Å². The summed E-state index contributed by atoms with van der Waals surface area (Å²) in [5.41, 5.74) is 3.45. The van der Waals surface area contributed by atoms with E-state index in [4.69, 9.17) is 13.7 Å². The number of fused-ring (bicyclic) bond motifs is 4. The van der Waals surface area contributed by atoms with Gasteiger partial charge >= 0.3 is 7.12 Å². The van der Waals surface area contributed by atoms with Gasteiger partial charge in [0, 0.05) is 25.8 Å². The molecule has 31 heavy (non-hydrogen) atoms. The first-order valence-corrected chi connectivity index (χ1v) is 11.4. The van der Waals surface area contributed by atoms with Gasteiger partial charge in [-0.25, -0.2) is 0 Å². The van der Waals surface area contributed by atoms with Gasteiger partial charge in [0.2, 0.25) is 0 Å². The fourth-order valence-electron chi connectivity index (χ4n) is 4.27. The first-order valence-electron chi connectivity index (χ1n) is 10.6. The van der Waals surface area contributed by atoms with E-state index in [0.717, 1.165) is 37.8 Å². The fraction of sp³-hybridized carbons (Fsp3) is 0.231. The molecule has 0 radical (unpaired) electrons. The molecule has 0 amide bonds. The minimum atomic E-state index is -0.337. The van der Waals surface area contributed by atoms with Crippen molar-refractivity contribution in [3.05, 3.63) is 66.7 Å². The molecule has 2 aromatic heterocycles. The Balaban J connectivity index is 1.44. The smallest absolute Gasteiger partial charge is 0.455 e. The highest BCUT2D eigenvalue weighted by molar-refractivity contribution is 7.28. The molecule has 3 aromatic carbocycles. The summed E-state index contributed by atoms with van der Waals surface area (Å²) in [6.45, 7) is 8.36. The van der Waals surface area contributed by atoms with Gasteiger partial charge in [-0.3, -0.25) is 0 Å².